The van der Waals surface area contributed by atoms with Crippen molar-refractivity contribution >= 4 is 27.5 Å². The number of nitrogens with zero attached hydrogens (tertiary/aromatic N) is 2. The molecule has 0 aliphatic rings. The summed E-state index contributed by atoms with van der Waals surface area (Å²) in [6.45, 7) is 3.34. The summed E-state index contributed by atoms with van der Waals surface area (Å²) in [5.41, 5.74) is 1.12. The van der Waals surface area contributed by atoms with Gasteiger partial charge in [-0.05, 0) is 41.8 Å². The lowest BCUT2D eigenvalue weighted by Crippen LogP contribution is -2.53. The van der Waals surface area contributed by atoms with Gasteiger partial charge in [-0.25, -0.2) is 12.8 Å². The molecule has 2 amide bonds. The van der Waals surface area contributed by atoms with E-state index in [9.17, 15) is 18.0 Å². The number of rotatable bonds is 14. The first-order valence-electron chi connectivity index (χ1n) is 14.7. The number of sulfonamides is 1. The molecule has 0 saturated carbocycles. The van der Waals surface area contributed by atoms with Crippen LogP contribution in [0.2, 0.25) is 0 Å². The molecule has 0 bridgehead atoms. The van der Waals surface area contributed by atoms with Gasteiger partial charge in [0.25, 0.3) is 10.0 Å². The highest BCUT2D eigenvalue weighted by Crippen LogP contribution is 2.32. The molecule has 0 fully saturated rings. The van der Waals surface area contributed by atoms with Gasteiger partial charge in [-0.1, -0.05) is 92.7 Å². The van der Waals surface area contributed by atoms with Gasteiger partial charge in [0.2, 0.25) is 11.8 Å². The van der Waals surface area contributed by atoms with E-state index in [2.05, 4.69) is 5.32 Å². The van der Waals surface area contributed by atoms with Crippen molar-refractivity contribution in [2.24, 2.45) is 5.92 Å². The van der Waals surface area contributed by atoms with Crippen LogP contribution in [0.15, 0.2) is 114 Å². The van der Waals surface area contributed by atoms with Crippen molar-refractivity contribution in [3.05, 3.63) is 126 Å². The number of methoxy groups -OCH3 is 1. The van der Waals surface area contributed by atoms with Crippen LogP contribution in [0.5, 0.6) is 5.75 Å². The van der Waals surface area contributed by atoms with Gasteiger partial charge < -0.3 is 15.0 Å². The number of hydrogen-bond donors (Lipinski definition) is 1. The van der Waals surface area contributed by atoms with Gasteiger partial charge in [0.1, 0.15) is 24.2 Å². The van der Waals surface area contributed by atoms with Gasteiger partial charge >= 0.3 is 0 Å². The number of para-hydroxylation sites is 2. The van der Waals surface area contributed by atoms with Gasteiger partial charge in [-0.15, -0.1) is 0 Å². The summed E-state index contributed by atoms with van der Waals surface area (Å²) in [5, 5.41) is 2.92. The molecule has 0 radical (unpaired) electrons. The van der Waals surface area contributed by atoms with Crippen molar-refractivity contribution in [3.63, 3.8) is 0 Å². The van der Waals surface area contributed by atoms with Crippen LogP contribution >= 0.6 is 0 Å². The van der Waals surface area contributed by atoms with Crippen molar-refractivity contribution in [2.75, 3.05) is 24.5 Å². The van der Waals surface area contributed by atoms with Crippen LogP contribution in [0, 0.1) is 11.7 Å². The SMILES string of the molecule is COc1ccccc1N(CC(=O)N(Cc1ccccc1F)[C@@H](Cc1ccccc1)C(=O)NCC(C)C)S(=O)(=O)c1ccccc1. The molecular weight excluding hydrogens is 593 g/mol. The molecule has 8 nitrogen and oxygen atoms in total. The second-order valence-electron chi connectivity index (χ2n) is 11.0. The van der Waals surface area contributed by atoms with Crippen LogP contribution in [-0.2, 0) is 32.6 Å². The molecule has 0 heterocycles. The summed E-state index contributed by atoms with van der Waals surface area (Å²) in [6.07, 6.45) is 0.130. The molecular formula is C35H38FN3O5S. The molecule has 4 aromatic rings. The molecule has 0 aromatic heterocycles. The number of nitrogens with one attached hydrogen (secondary N) is 1. The third kappa shape index (κ3) is 8.48. The Morgan fingerprint density at radius 3 is 2.09 bits per heavy atom. The number of carbonyl (C=O) groups is 2. The minimum absolute atomic E-state index is 0.0279. The quantitative estimate of drug-likeness (QED) is 0.200. The van der Waals surface area contributed by atoms with Crippen molar-refractivity contribution in [1.29, 1.82) is 0 Å². The minimum Gasteiger partial charge on any atom is -0.495 e. The highest BCUT2D eigenvalue weighted by atomic mass is 32.2. The van der Waals surface area contributed by atoms with Crippen molar-refractivity contribution in [1.82, 2.24) is 10.2 Å². The van der Waals surface area contributed by atoms with E-state index in [0.29, 0.717) is 6.54 Å². The van der Waals surface area contributed by atoms with E-state index in [1.165, 1.54) is 36.3 Å². The van der Waals surface area contributed by atoms with Crippen molar-refractivity contribution < 1.29 is 27.1 Å². The predicted molar refractivity (Wildman–Crippen MR) is 173 cm³/mol. The molecule has 0 saturated heterocycles. The summed E-state index contributed by atoms with van der Waals surface area (Å²) in [7, 11) is -2.88. The molecule has 4 aromatic carbocycles. The van der Waals surface area contributed by atoms with Gasteiger partial charge in [-0.2, -0.15) is 0 Å². The Hall–Kier alpha value is -4.70. The largest absolute Gasteiger partial charge is 0.495 e. The Bertz CT molecular complexity index is 1680. The zero-order valence-corrected chi connectivity index (χ0v) is 26.4. The fraction of sp³-hybridized carbons (Fsp3) is 0.257. The molecule has 4 rings (SSSR count). The molecule has 0 aliphatic carbocycles. The van der Waals surface area contributed by atoms with E-state index in [0.717, 1.165) is 9.87 Å². The van der Waals surface area contributed by atoms with E-state index in [-0.39, 0.29) is 40.8 Å². The maximum atomic E-state index is 15.0. The molecule has 45 heavy (non-hydrogen) atoms. The summed E-state index contributed by atoms with van der Waals surface area (Å²) < 4.78 is 49.7. The van der Waals surface area contributed by atoms with Crippen LogP contribution in [-0.4, -0.2) is 51.4 Å². The summed E-state index contributed by atoms with van der Waals surface area (Å²) in [6, 6.07) is 28.4. The summed E-state index contributed by atoms with van der Waals surface area (Å²) in [5.74, 6) is -1.29. The number of amides is 2. The third-order valence-electron chi connectivity index (χ3n) is 7.22. The van der Waals surface area contributed by atoms with Crippen LogP contribution in [0.4, 0.5) is 10.1 Å². The lowest BCUT2D eigenvalue weighted by molar-refractivity contribution is -0.140. The van der Waals surface area contributed by atoms with Gasteiger partial charge in [-0.3, -0.25) is 13.9 Å². The highest BCUT2D eigenvalue weighted by Gasteiger charge is 2.35. The fourth-order valence-corrected chi connectivity index (χ4v) is 6.30. The van der Waals surface area contributed by atoms with Gasteiger partial charge in [0, 0.05) is 25.1 Å². The molecule has 236 valence electrons. The summed E-state index contributed by atoms with van der Waals surface area (Å²) >= 11 is 0. The maximum absolute atomic E-state index is 15.0. The lowest BCUT2D eigenvalue weighted by atomic mass is 10.0. The first-order chi connectivity index (χ1) is 21.6. The first-order valence-corrected chi connectivity index (χ1v) is 16.1. The average molecular weight is 632 g/mol. The lowest BCUT2D eigenvalue weighted by Gasteiger charge is -2.34. The number of ether oxygens (including phenoxy) is 1. The Balaban J connectivity index is 1.83. The van der Waals surface area contributed by atoms with E-state index in [1.54, 1.807) is 54.6 Å². The van der Waals surface area contributed by atoms with Crippen molar-refractivity contribution in [2.45, 2.75) is 37.8 Å². The number of anilines is 1. The second-order valence-corrected chi connectivity index (χ2v) is 12.8. The van der Waals surface area contributed by atoms with E-state index in [4.69, 9.17) is 4.74 Å². The number of hydrogen-bond acceptors (Lipinski definition) is 5. The second kappa shape index (κ2) is 15.3. The number of benzene rings is 4. The highest BCUT2D eigenvalue weighted by molar-refractivity contribution is 7.92. The zero-order valence-electron chi connectivity index (χ0n) is 25.6. The molecule has 0 aliphatic heterocycles. The van der Waals surface area contributed by atoms with Crippen LogP contribution in [0.3, 0.4) is 0 Å². The number of carbonyl (C=O) groups excluding carboxylic acids is 2. The van der Waals surface area contributed by atoms with E-state index < -0.39 is 40.2 Å². The monoisotopic (exact) mass is 631 g/mol. The first kappa shape index (κ1) is 33.2. The molecule has 0 unspecified atom stereocenters. The van der Waals surface area contributed by atoms with Crippen molar-refractivity contribution in [3.8, 4) is 5.75 Å². The normalized spacial score (nSPS) is 11.9. The summed E-state index contributed by atoms with van der Waals surface area (Å²) in [4.78, 5) is 29.5. The van der Waals surface area contributed by atoms with E-state index >= 15 is 4.39 Å². The smallest absolute Gasteiger partial charge is 0.264 e. The maximum Gasteiger partial charge on any atom is 0.264 e. The molecule has 1 atom stereocenters. The Morgan fingerprint density at radius 2 is 1.44 bits per heavy atom. The van der Waals surface area contributed by atoms with E-state index in [1.807, 2.05) is 44.2 Å². The molecule has 0 spiro atoms. The van der Waals surface area contributed by atoms with Crippen LogP contribution < -0.4 is 14.4 Å². The Labute approximate surface area is 264 Å². The van der Waals surface area contributed by atoms with Crippen LogP contribution in [0.25, 0.3) is 0 Å². The topological polar surface area (TPSA) is 96.0 Å². The fourth-order valence-electron chi connectivity index (χ4n) is 4.86. The number of halogens is 1. The third-order valence-corrected chi connectivity index (χ3v) is 8.99. The zero-order chi connectivity index (χ0) is 32.4. The molecule has 1 N–H and O–H groups in total. The average Bonchev–Trinajstić information content (AvgIpc) is 3.05. The van der Waals surface area contributed by atoms with Crippen LogP contribution in [0.1, 0.15) is 25.0 Å². The Kier molecular flexibility index (Phi) is 11.3. The Morgan fingerprint density at radius 1 is 0.844 bits per heavy atom. The minimum atomic E-state index is -4.29. The standard InChI is InChI=1S/C35H38FN3O5S/c1-26(2)23-37-35(41)32(22-27-14-6-4-7-15-27)38(24-28-16-10-11-19-30(28)36)34(40)25-39(31-20-12-13-21-33(31)44-3)45(42,43)29-17-8-5-9-18-29/h4-21,26,32H,22-25H2,1-3H3,(H,37,41)/t32-/m0/s1. The van der Waals surface area contributed by atoms with Gasteiger partial charge in [0.05, 0.1) is 17.7 Å². The van der Waals surface area contributed by atoms with Gasteiger partial charge in [0.15, 0.2) is 0 Å². The predicted octanol–water partition coefficient (Wildman–Crippen LogP) is 5.44. The molecule has 10 heteroatoms.